The molecule has 0 saturated carbocycles. The number of benzene rings is 2. The molecule has 0 bridgehead atoms. The summed E-state index contributed by atoms with van der Waals surface area (Å²) in [5.41, 5.74) is 1.40. The standard InChI is InChI=1S/C16H13N3O5S/c17-25(23,24)10-6-4-9(5-7-10)18-8-12-14-11(16(21)22)2-1-3-13(14)19-15(12)20/h1-8,18H,(H,19,20)(H,21,22)(H2,17,23,24). The van der Waals surface area contributed by atoms with Gasteiger partial charge in [0.2, 0.25) is 10.0 Å². The van der Waals surface area contributed by atoms with Crippen LogP contribution in [0.4, 0.5) is 11.4 Å². The van der Waals surface area contributed by atoms with E-state index in [2.05, 4.69) is 10.6 Å². The molecule has 5 N–H and O–H groups in total. The number of rotatable bonds is 4. The van der Waals surface area contributed by atoms with Crippen LogP contribution in [0.25, 0.3) is 5.57 Å². The van der Waals surface area contributed by atoms with E-state index in [0.717, 1.165) is 0 Å². The summed E-state index contributed by atoms with van der Waals surface area (Å²) in [6.45, 7) is 0. The molecule has 128 valence electrons. The van der Waals surface area contributed by atoms with Crippen LogP contribution in [0, 0.1) is 0 Å². The SMILES string of the molecule is NS(=O)(=O)c1ccc(NC=C2C(=O)Nc3cccc(C(=O)O)c32)cc1. The van der Waals surface area contributed by atoms with Crippen molar-refractivity contribution in [1.29, 1.82) is 0 Å². The number of nitrogens with one attached hydrogen (secondary N) is 2. The van der Waals surface area contributed by atoms with Gasteiger partial charge in [0.25, 0.3) is 5.91 Å². The molecular formula is C16H13N3O5S. The van der Waals surface area contributed by atoms with Gasteiger partial charge in [-0.05, 0) is 36.4 Å². The highest BCUT2D eigenvalue weighted by Crippen LogP contribution is 2.34. The molecule has 1 heterocycles. The first kappa shape index (κ1) is 16.7. The summed E-state index contributed by atoms with van der Waals surface area (Å²) in [5.74, 6) is -1.57. The van der Waals surface area contributed by atoms with Gasteiger partial charge >= 0.3 is 5.97 Å². The lowest BCUT2D eigenvalue weighted by atomic mass is 10.0. The normalized spacial score (nSPS) is 14.9. The number of primary sulfonamides is 1. The minimum Gasteiger partial charge on any atom is -0.478 e. The number of aromatic carboxylic acids is 1. The molecule has 1 amide bonds. The van der Waals surface area contributed by atoms with Crippen molar-refractivity contribution < 1.29 is 23.1 Å². The first-order valence-corrected chi connectivity index (χ1v) is 8.59. The lowest BCUT2D eigenvalue weighted by Crippen LogP contribution is -2.11. The van der Waals surface area contributed by atoms with E-state index >= 15 is 0 Å². The molecule has 1 aliphatic rings. The highest BCUT2D eigenvalue weighted by molar-refractivity contribution is 7.89. The van der Waals surface area contributed by atoms with Gasteiger partial charge in [-0.15, -0.1) is 0 Å². The number of anilines is 2. The third kappa shape index (κ3) is 3.23. The monoisotopic (exact) mass is 359 g/mol. The molecule has 25 heavy (non-hydrogen) atoms. The quantitative estimate of drug-likeness (QED) is 0.609. The van der Waals surface area contributed by atoms with Gasteiger partial charge in [-0.25, -0.2) is 18.4 Å². The van der Waals surface area contributed by atoms with Crippen LogP contribution < -0.4 is 15.8 Å². The van der Waals surface area contributed by atoms with Crippen molar-refractivity contribution in [3.8, 4) is 0 Å². The average Bonchev–Trinajstić information content (AvgIpc) is 2.87. The number of amides is 1. The zero-order valence-corrected chi connectivity index (χ0v) is 13.5. The van der Waals surface area contributed by atoms with Gasteiger partial charge in [0.1, 0.15) is 0 Å². The number of carbonyl (C=O) groups excluding carboxylic acids is 1. The van der Waals surface area contributed by atoms with E-state index in [9.17, 15) is 23.1 Å². The molecule has 0 fully saturated rings. The molecule has 2 aromatic carbocycles. The zero-order chi connectivity index (χ0) is 18.2. The van der Waals surface area contributed by atoms with E-state index in [4.69, 9.17) is 5.14 Å². The Bertz CT molecular complexity index is 1010. The second-order valence-corrected chi connectivity index (χ2v) is 6.82. The Labute approximate surface area is 143 Å². The summed E-state index contributed by atoms with van der Waals surface area (Å²) in [6.07, 6.45) is 1.37. The van der Waals surface area contributed by atoms with Crippen LogP contribution >= 0.6 is 0 Å². The van der Waals surface area contributed by atoms with Crippen LogP contribution in [0.5, 0.6) is 0 Å². The molecule has 0 aromatic heterocycles. The van der Waals surface area contributed by atoms with Crippen molar-refractivity contribution in [2.45, 2.75) is 4.90 Å². The molecule has 8 nitrogen and oxygen atoms in total. The van der Waals surface area contributed by atoms with E-state index < -0.39 is 21.9 Å². The maximum Gasteiger partial charge on any atom is 0.336 e. The summed E-state index contributed by atoms with van der Waals surface area (Å²) in [5, 5.41) is 19.8. The predicted molar refractivity (Wildman–Crippen MR) is 91.4 cm³/mol. The van der Waals surface area contributed by atoms with Crippen LogP contribution in [0.1, 0.15) is 15.9 Å². The van der Waals surface area contributed by atoms with Crippen LogP contribution in [0.2, 0.25) is 0 Å². The van der Waals surface area contributed by atoms with E-state index in [-0.39, 0.29) is 16.0 Å². The molecule has 0 unspecified atom stereocenters. The first-order valence-electron chi connectivity index (χ1n) is 7.05. The average molecular weight is 359 g/mol. The summed E-state index contributed by atoms with van der Waals surface area (Å²) < 4.78 is 22.5. The molecule has 1 aliphatic heterocycles. The lowest BCUT2D eigenvalue weighted by Gasteiger charge is -2.06. The summed E-state index contributed by atoms with van der Waals surface area (Å²) in [6, 6.07) is 10.2. The van der Waals surface area contributed by atoms with Gasteiger partial charge in [-0.3, -0.25) is 4.79 Å². The third-order valence-corrected chi connectivity index (χ3v) is 4.55. The predicted octanol–water partition coefficient (Wildman–Crippen LogP) is 1.44. The summed E-state index contributed by atoms with van der Waals surface area (Å²) in [7, 11) is -3.79. The van der Waals surface area contributed by atoms with E-state index in [0.29, 0.717) is 16.9 Å². The highest BCUT2D eigenvalue weighted by Gasteiger charge is 2.28. The Balaban J connectivity index is 1.93. The van der Waals surface area contributed by atoms with Crippen molar-refractivity contribution in [3.63, 3.8) is 0 Å². The number of hydrogen-bond donors (Lipinski definition) is 4. The summed E-state index contributed by atoms with van der Waals surface area (Å²) in [4.78, 5) is 23.4. The van der Waals surface area contributed by atoms with Gasteiger partial charge in [-0.1, -0.05) is 6.07 Å². The van der Waals surface area contributed by atoms with Crippen molar-refractivity contribution in [3.05, 3.63) is 59.8 Å². The molecule has 0 spiro atoms. The second-order valence-electron chi connectivity index (χ2n) is 5.26. The highest BCUT2D eigenvalue weighted by atomic mass is 32.2. The number of carbonyl (C=O) groups is 2. The smallest absolute Gasteiger partial charge is 0.336 e. The molecule has 0 saturated heterocycles. The van der Waals surface area contributed by atoms with E-state index in [1.807, 2.05) is 0 Å². The Kier molecular flexibility index (Phi) is 4.03. The third-order valence-electron chi connectivity index (χ3n) is 3.62. The van der Waals surface area contributed by atoms with Crippen molar-refractivity contribution in [2.24, 2.45) is 5.14 Å². The van der Waals surface area contributed by atoms with Crippen LogP contribution in [0.3, 0.4) is 0 Å². The number of carboxylic acid groups (broad SMARTS) is 1. The molecule has 9 heteroatoms. The fourth-order valence-corrected chi connectivity index (χ4v) is 2.98. The van der Waals surface area contributed by atoms with Crippen molar-refractivity contribution in [1.82, 2.24) is 0 Å². The minimum atomic E-state index is -3.79. The number of hydrogen-bond acceptors (Lipinski definition) is 5. The minimum absolute atomic E-state index is 0.00785. The molecular weight excluding hydrogens is 346 g/mol. The Morgan fingerprint density at radius 3 is 2.44 bits per heavy atom. The van der Waals surface area contributed by atoms with Crippen molar-refractivity contribution in [2.75, 3.05) is 10.6 Å². The van der Waals surface area contributed by atoms with E-state index in [1.165, 1.54) is 36.5 Å². The van der Waals surface area contributed by atoms with Crippen LogP contribution in [-0.2, 0) is 14.8 Å². The fourth-order valence-electron chi connectivity index (χ4n) is 2.46. The molecule has 0 radical (unpaired) electrons. The number of nitrogens with two attached hydrogens (primary N) is 1. The Hall–Kier alpha value is -3.17. The van der Waals surface area contributed by atoms with Crippen molar-refractivity contribution >= 4 is 38.8 Å². The van der Waals surface area contributed by atoms with Gasteiger partial charge < -0.3 is 15.7 Å². The fraction of sp³-hybridized carbons (Fsp3) is 0. The molecule has 2 aromatic rings. The zero-order valence-electron chi connectivity index (χ0n) is 12.7. The topological polar surface area (TPSA) is 139 Å². The molecule has 0 aliphatic carbocycles. The van der Waals surface area contributed by atoms with Gasteiger partial charge in [0.15, 0.2) is 0 Å². The number of carboxylic acids is 1. The number of fused-ring (bicyclic) bond motifs is 1. The van der Waals surface area contributed by atoms with Gasteiger partial charge in [0, 0.05) is 17.5 Å². The van der Waals surface area contributed by atoms with Crippen LogP contribution in [0.15, 0.2) is 53.6 Å². The van der Waals surface area contributed by atoms with Gasteiger partial charge in [-0.2, -0.15) is 0 Å². The Morgan fingerprint density at radius 1 is 1.16 bits per heavy atom. The van der Waals surface area contributed by atoms with Crippen LogP contribution in [-0.4, -0.2) is 25.4 Å². The lowest BCUT2D eigenvalue weighted by molar-refractivity contribution is -0.110. The molecule has 0 atom stereocenters. The Morgan fingerprint density at radius 2 is 1.84 bits per heavy atom. The second kappa shape index (κ2) is 6.04. The first-order chi connectivity index (χ1) is 11.8. The van der Waals surface area contributed by atoms with E-state index in [1.54, 1.807) is 12.1 Å². The maximum atomic E-state index is 12.1. The summed E-state index contributed by atoms with van der Waals surface area (Å²) >= 11 is 0. The maximum absolute atomic E-state index is 12.1. The molecule has 3 rings (SSSR count). The van der Waals surface area contributed by atoms with Gasteiger partial charge in [0.05, 0.1) is 21.7 Å². The largest absolute Gasteiger partial charge is 0.478 e. The number of sulfonamides is 1.